The lowest BCUT2D eigenvalue weighted by Crippen LogP contribution is -1.97. The molecule has 0 saturated carbocycles. The smallest absolute Gasteiger partial charge is 0.0421 e. The highest BCUT2D eigenvalue weighted by molar-refractivity contribution is 7.17. The Balaban J connectivity index is 2.28. The van der Waals surface area contributed by atoms with E-state index in [1.807, 2.05) is 0 Å². The molecular weight excluding hydrogens is 238 g/mol. The quantitative estimate of drug-likeness (QED) is 0.722. The monoisotopic (exact) mass is 253 g/mol. The highest BCUT2D eigenvalue weighted by atomic mass is 32.1. The van der Waals surface area contributed by atoms with E-state index in [1.165, 1.54) is 32.3 Å². The molecular formula is C16H15NS. The summed E-state index contributed by atoms with van der Waals surface area (Å²) in [6.07, 6.45) is 0. The minimum Gasteiger partial charge on any atom is -0.326 e. The Bertz CT molecular complexity index is 697. The maximum absolute atomic E-state index is 5.74. The maximum Gasteiger partial charge on any atom is 0.0421 e. The fraction of sp³-hybridized carbons (Fsp3) is 0.125. The van der Waals surface area contributed by atoms with Gasteiger partial charge in [0, 0.05) is 11.2 Å². The Hall–Kier alpha value is -1.64. The summed E-state index contributed by atoms with van der Waals surface area (Å²) in [5.41, 5.74) is 10.8. The maximum atomic E-state index is 5.74. The first-order valence-electron chi connectivity index (χ1n) is 6.06. The van der Waals surface area contributed by atoms with E-state index < -0.39 is 0 Å². The average molecular weight is 253 g/mol. The van der Waals surface area contributed by atoms with Crippen molar-refractivity contribution in [1.82, 2.24) is 0 Å². The van der Waals surface area contributed by atoms with Crippen LogP contribution in [0.3, 0.4) is 0 Å². The highest BCUT2D eigenvalue weighted by Crippen LogP contribution is 2.34. The van der Waals surface area contributed by atoms with Crippen molar-refractivity contribution in [2.75, 3.05) is 0 Å². The fourth-order valence-corrected chi connectivity index (χ4v) is 3.22. The molecule has 0 spiro atoms. The molecule has 90 valence electrons. The summed E-state index contributed by atoms with van der Waals surface area (Å²) in [6, 6.07) is 15.1. The SMILES string of the molecule is Cc1ccc(CN)cc1-c1cccc2ccsc12. The van der Waals surface area contributed by atoms with Crippen molar-refractivity contribution in [3.63, 3.8) is 0 Å². The van der Waals surface area contributed by atoms with Crippen LogP contribution in [0.4, 0.5) is 0 Å². The Morgan fingerprint density at radius 3 is 2.78 bits per heavy atom. The van der Waals surface area contributed by atoms with Gasteiger partial charge in [-0.3, -0.25) is 0 Å². The third-order valence-corrected chi connectivity index (χ3v) is 4.27. The summed E-state index contributed by atoms with van der Waals surface area (Å²) >= 11 is 1.80. The molecule has 3 aromatic rings. The van der Waals surface area contributed by atoms with Gasteiger partial charge in [-0.05, 0) is 52.1 Å². The van der Waals surface area contributed by atoms with Gasteiger partial charge >= 0.3 is 0 Å². The lowest BCUT2D eigenvalue weighted by atomic mass is 9.97. The van der Waals surface area contributed by atoms with E-state index in [2.05, 4.69) is 54.8 Å². The zero-order valence-electron chi connectivity index (χ0n) is 10.3. The molecule has 0 atom stereocenters. The predicted octanol–water partition coefficient (Wildman–Crippen LogP) is 4.34. The van der Waals surface area contributed by atoms with Crippen molar-refractivity contribution >= 4 is 21.4 Å². The lowest BCUT2D eigenvalue weighted by molar-refractivity contribution is 1.07. The van der Waals surface area contributed by atoms with E-state index in [1.54, 1.807) is 11.3 Å². The van der Waals surface area contributed by atoms with Gasteiger partial charge in [-0.1, -0.05) is 30.3 Å². The Morgan fingerprint density at radius 2 is 1.94 bits per heavy atom. The van der Waals surface area contributed by atoms with Gasteiger partial charge in [-0.15, -0.1) is 11.3 Å². The van der Waals surface area contributed by atoms with Gasteiger partial charge in [0.2, 0.25) is 0 Å². The molecule has 0 radical (unpaired) electrons. The largest absolute Gasteiger partial charge is 0.326 e. The van der Waals surface area contributed by atoms with Crippen molar-refractivity contribution in [3.05, 3.63) is 59.0 Å². The van der Waals surface area contributed by atoms with Crippen LogP contribution < -0.4 is 5.73 Å². The van der Waals surface area contributed by atoms with Gasteiger partial charge in [0.1, 0.15) is 0 Å². The van der Waals surface area contributed by atoms with E-state index in [4.69, 9.17) is 5.73 Å². The van der Waals surface area contributed by atoms with Crippen LogP contribution in [0.25, 0.3) is 21.2 Å². The topological polar surface area (TPSA) is 26.0 Å². The Kier molecular flexibility index (Phi) is 2.90. The second-order valence-electron chi connectivity index (χ2n) is 4.50. The summed E-state index contributed by atoms with van der Waals surface area (Å²) in [6.45, 7) is 2.75. The highest BCUT2D eigenvalue weighted by Gasteiger charge is 2.07. The molecule has 1 nitrogen and oxygen atoms in total. The number of hydrogen-bond acceptors (Lipinski definition) is 2. The first-order chi connectivity index (χ1) is 8.79. The third kappa shape index (κ3) is 1.84. The predicted molar refractivity (Wildman–Crippen MR) is 79.9 cm³/mol. The van der Waals surface area contributed by atoms with Gasteiger partial charge in [0.25, 0.3) is 0 Å². The van der Waals surface area contributed by atoms with Crippen molar-refractivity contribution < 1.29 is 0 Å². The van der Waals surface area contributed by atoms with Crippen molar-refractivity contribution in [1.29, 1.82) is 0 Å². The Morgan fingerprint density at radius 1 is 1.06 bits per heavy atom. The van der Waals surface area contributed by atoms with Crippen LogP contribution in [0.1, 0.15) is 11.1 Å². The van der Waals surface area contributed by atoms with Crippen molar-refractivity contribution in [2.24, 2.45) is 5.73 Å². The summed E-state index contributed by atoms with van der Waals surface area (Å²) < 4.78 is 1.36. The minimum absolute atomic E-state index is 0.591. The normalized spacial score (nSPS) is 11.0. The van der Waals surface area contributed by atoms with Crippen LogP contribution in [-0.4, -0.2) is 0 Å². The number of hydrogen-bond donors (Lipinski definition) is 1. The number of fused-ring (bicyclic) bond motifs is 1. The van der Waals surface area contributed by atoms with Crippen LogP contribution in [0.2, 0.25) is 0 Å². The van der Waals surface area contributed by atoms with Crippen LogP contribution in [0, 0.1) is 6.92 Å². The molecule has 1 aromatic heterocycles. The van der Waals surface area contributed by atoms with Crippen LogP contribution in [0.15, 0.2) is 47.8 Å². The van der Waals surface area contributed by atoms with Crippen LogP contribution in [-0.2, 0) is 6.54 Å². The van der Waals surface area contributed by atoms with Crippen molar-refractivity contribution in [3.8, 4) is 11.1 Å². The summed E-state index contributed by atoms with van der Waals surface area (Å²) in [5, 5.41) is 3.46. The molecule has 18 heavy (non-hydrogen) atoms. The van der Waals surface area contributed by atoms with Gasteiger partial charge in [-0.2, -0.15) is 0 Å². The molecule has 0 bridgehead atoms. The summed E-state index contributed by atoms with van der Waals surface area (Å²) in [4.78, 5) is 0. The molecule has 0 amide bonds. The standard InChI is InChI=1S/C16H15NS/c1-11-5-6-12(10-17)9-15(11)14-4-2-3-13-7-8-18-16(13)14/h2-9H,10,17H2,1H3. The zero-order valence-corrected chi connectivity index (χ0v) is 11.1. The molecule has 0 unspecified atom stereocenters. The number of aryl methyl sites for hydroxylation is 1. The summed E-state index contributed by atoms with van der Waals surface area (Å²) in [5.74, 6) is 0. The number of benzene rings is 2. The molecule has 3 rings (SSSR count). The number of nitrogens with two attached hydrogens (primary N) is 1. The molecule has 2 heteroatoms. The molecule has 0 aliphatic rings. The van der Waals surface area contributed by atoms with Crippen molar-refractivity contribution in [2.45, 2.75) is 13.5 Å². The third-order valence-electron chi connectivity index (χ3n) is 3.31. The molecule has 0 saturated heterocycles. The molecule has 0 aliphatic heterocycles. The van der Waals surface area contributed by atoms with E-state index in [0.29, 0.717) is 6.54 Å². The first-order valence-corrected chi connectivity index (χ1v) is 6.94. The van der Waals surface area contributed by atoms with Crippen LogP contribution >= 0.6 is 11.3 Å². The van der Waals surface area contributed by atoms with Crippen LogP contribution in [0.5, 0.6) is 0 Å². The number of rotatable bonds is 2. The van der Waals surface area contributed by atoms with Gasteiger partial charge in [0.05, 0.1) is 0 Å². The molecule has 0 fully saturated rings. The molecule has 2 aromatic carbocycles. The van der Waals surface area contributed by atoms with Gasteiger partial charge in [0.15, 0.2) is 0 Å². The second-order valence-corrected chi connectivity index (χ2v) is 5.41. The molecule has 1 heterocycles. The van der Waals surface area contributed by atoms with Gasteiger partial charge in [-0.25, -0.2) is 0 Å². The summed E-state index contributed by atoms with van der Waals surface area (Å²) in [7, 11) is 0. The van der Waals surface area contributed by atoms with E-state index in [-0.39, 0.29) is 0 Å². The first kappa shape index (κ1) is 11.5. The Labute approximate surface area is 111 Å². The minimum atomic E-state index is 0.591. The molecule has 0 aliphatic carbocycles. The average Bonchev–Trinajstić information content (AvgIpc) is 2.87. The van der Waals surface area contributed by atoms with E-state index in [9.17, 15) is 0 Å². The zero-order chi connectivity index (χ0) is 12.5. The lowest BCUT2D eigenvalue weighted by Gasteiger charge is -2.09. The van der Waals surface area contributed by atoms with Gasteiger partial charge < -0.3 is 5.73 Å². The fourth-order valence-electron chi connectivity index (χ4n) is 2.29. The number of thiophene rings is 1. The molecule has 2 N–H and O–H groups in total. The second kappa shape index (κ2) is 4.56. The van der Waals surface area contributed by atoms with E-state index in [0.717, 1.165) is 0 Å². The van der Waals surface area contributed by atoms with E-state index >= 15 is 0 Å².